The van der Waals surface area contributed by atoms with Crippen molar-refractivity contribution in [1.29, 1.82) is 0 Å². The van der Waals surface area contributed by atoms with E-state index >= 15 is 0 Å². The van der Waals surface area contributed by atoms with Crippen LogP contribution in [-0.4, -0.2) is 46.3 Å². The minimum atomic E-state index is -1.63. The van der Waals surface area contributed by atoms with Gasteiger partial charge in [-0.1, -0.05) is 13.8 Å². The molecule has 2 N–H and O–H groups in total. The first-order chi connectivity index (χ1) is 6.44. The monoisotopic (exact) mass is 203 g/mol. The molecule has 0 aliphatic rings. The van der Waals surface area contributed by atoms with Gasteiger partial charge in [0.2, 0.25) is 0 Å². The van der Waals surface area contributed by atoms with Crippen molar-refractivity contribution in [1.82, 2.24) is 4.90 Å². The number of aliphatic hydroxyl groups is 1. The van der Waals surface area contributed by atoms with Crippen LogP contribution < -0.4 is 0 Å². The lowest BCUT2D eigenvalue weighted by Crippen LogP contribution is -2.47. The Morgan fingerprint density at radius 3 is 2.00 bits per heavy atom. The van der Waals surface area contributed by atoms with Crippen molar-refractivity contribution in [3.8, 4) is 0 Å². The van der Waals surface area contributed by atoms with Crippen LogP contribution in [0.25, 0.3) is 0 Å². The third-order valence-electron chi connectivity index (χ3n) is 2.07. The summed E-state index contributed by atoms with van der Waals surface area (Å²) >= 11 is 0. The van der Waals surface area contributed by atoms with Crippen LogP contribution in [0.5, 0.6) is 0 Å². The fourth-order valence-electron chi connectivity index (χ4n) is 1.41. The van der Waals surface area contributed by atoms with E-state index in [1.165, 1.54) is 6.92 Å². The first-order valence-corrected chi connectivity index (χ1v) is 5.12. The molecule has 1 atom stereocenters. The zero-order valence-corrected chi connectivity index (χ0v) is 9.29. The van der Waals surface area contributed by atoms with Gasteiger partial charge in [0.25, 0.3) is 0 Å². The molecule has 4 nitrogen and oxygen atoms in total. The summed E-state index contributed by atoms with van der Waals surface area (Å²) in [4.78, 5) is 12.7. The van der Waals surface area contributed by atoms with Crippen molar-refractivity contribution in [3.05, 3.63) is 0 Å². The summed E-state index contributed by atoms with van der Waals surface area (Å²) in [7, 11) is 0. The van der Waals surface area contributed by atoms with Crippen LogP contribution in [0.2, 0.25) is 0 Å². The Morgan fingerprint density at radius 2 is 1.71 bits per heavy atom. The molecular formula is C10H21NO3. The highest BCUT2D eigenvalue weighted by Gasteiger charge is 2.31. The van der Waals surface area contributed by atoms with Crippen LogP contribution in [0.3, 0.4) is 0 Å². The van der Waals surface area contributed by atoms with Crippen molar-refractivity contribution < 1.29 is 15.0 Å². The van der Waals surface area contributed by atoms with Gasteiger partial charge < -0.3 is 10.2 Å². The van der Waals surface area contributed by atoms with Gasteiger partial charge in [-0.15, -0.1) is 0 Å². The molecule has 0 amide bonds. The van der Waals surface area contributed by atoms with Gasteiger partial charge in [-0.2, -0.15) is 0 Å². The minimum absolute atomic E-state index is 0.198. The van der Waals surface area contributed by atoms with E-state index in [2.05, 4.69) is 0 Å². The summed E-state index contributed by atoms with van der Waals surface area (Å²) < 4.78 is 0. The van der Waals surface area contributed by atoms with E-state index in [1.807, 2.05) is 18.7 Å². The second-order valence-electron chi connectivity index (χ2n) is 3.86. The number of hydrogen-bond donors (Lipinski definition) is 2. The number of hydrogen-bond acceptors (Lipinski definition) is 3. The van der Waals surface area contributed by atoms with Gasteiger partial charge in [-0.25, -0.2) is 4.79 Å². The summed E-state index contributed by atoms with van der Waals surface area (Å²) in [6.45, 7) is 7.28. The molecule has 0 spiro atoms. The molecular weight excluding hydrogens is 182 g/mol. The van der Waals surface area contributed by atoms with Crippen LogP contribution in [-0.2, 0) is 4.79 Å². The quantitative estimate of drug-likeness (QED) is 0.646. The molecule has 14 heavy (non-hydrogen) atoms. The predicted octanol–water partition coefficient (Wildman–Crippen LogP) is 0.944. The van der Waals surface area contributed by atoms with Crippen molar-refractivity contribution in [2.24, 2.45) is 0 Å². The molecule has 0 rings (SSSR count). The Kier molecular flexibility index (Phi) is 5.72. The Morgan fingerprint density at radius 1 is 1.29 bits per heavy atom. The van der Waals surface area contributed by atoms with E-state index in [-0.39, 0.29) is 6.54 Å². The van der Waals surface area contributed by atoms with Gasteiger partial charge >= 0.3 is 5.97 Å². The molecule has 0 saturated heterocycles. The van der Waals surface area contributed by atoms with Gasteiger partial charge in [0.1, 0.15) is 0 Å². The third kappa shape index (κ3) is 4.58. The fraction of sp³-hybridized carbons (Fsp3) is 0.900. The maximum absolute atomic E-state index is 10.7. The molecule has 0 heterocycles. The number of nitrogens with zero attached hydrogens (tertiary/aromatic N) is 1. The molecule has 0 fully saturated rings. The van der Waals surface area contributed by atoms with Crippen LogP contribution in [0.15, 0.2) is 0 Å². The Labute approximate surface area is 85.5 Å². The zero-order valence-electron chi connectivity index (χ0n) is 9.29. The normalized spacial score (nSPS) is 15.5. The van der Waals surface area contributed by atoms with Gasteiger partial charge in [0, 0.05) is 6.54 Å². The van der Waals surface area contributed by atoms with Crippen LogP contribution >= 0.6 is 0 Å². The summed E-state index contributed by atoms with van der Waals surface area (Å²) in [6.07, 6.45) is 1.94. The highest BCUT2D eigenvalue weighted by molar-refractivity contribution is 5.76. The highest BCUT2D eigenvalue weighted by Crippen LogP contribution is 2.07. The van der Waals surface area contributed by atoms with E-state index in [9.17, 15) is 9.90 Å². The number of aliphatic carboxylic acids is 1. The molecule has 84 valence electrons. The summed E-state index contributed by atoms with van der Waals surface area (Å²) in [6, 6.07) is 0. The second-order valence-corrected chi connectivity index (χ2v) is 3.86. The van der Waals surface area contributed by atoms with E-state index in [0.29, 0.717) is 0 Å². The average molecular weight is 203 g/mol. The zero-order chi connectivity index (χ0) is 11.2. The molecule has 0 aromatic carbocycles. The molecule has 0 bridgehead atoms. The van der Waals surface area contributed by atoms with E-state index in [0.717, 1.165) is 25.9 Å². The lowest BCUT2D eigenvalue weighted by molar-refractivity contribution is -0.158. The smallest absolute Gasteiger partial charge is 0.336 e. The topological polar surface area (TPSA) is 60.8 Å². The molecule has 0 aliphatic heterocycles. The van der Waals surface area contributed by atoms with Crippen LogP contribution in [0.4, 0.5) is 0 Å². The Balaban J connectivity index is 4.19. The first-order valence-electron chi connectivity index (χ1n) is 5.12. The van der Waals surface area contributed by atoms with Crippen molar-refractivity contribution >= 4 is 5.97 Å². The van der Waals surface area contributed by atoms with E-state index < -0.39 is 11.6 Å². The number of rotatable bonds is 7. The maximum atomic E-state index is 10.7. The van der Waals surface area contributed by atoms with E-state index in [4.69, 9.17) is 5.11 Å². The number of carboxylic acid groups (broad SMARTS) is 1. The van der Waals surface area contributed by atoms with Gasteiger partial charge in [-0.05, 0) is 32.9 Å². The summed E-state index contributed by atoms with van der Waals surface area (Å²) in [5, 5.41) is 18.3. The van der Waals surface area contributed by atoms with E-state index in [1.54, 1.807) is 0 Å². The Hall–Kier alpha value is -0.610. The predicted molar refractivity (Wildman–Crippen MR) is 55.3 cm³/mol. The fourth-order valence-corrected chi connectivity index (χ4v) is 1.41. The second kappa shape index (κ2) is 5.98. The standard InChI is InChI=1S/C10H21NO3/c1-4-6-11(7-5-2)8-10(3,14)9(12)13/h14H,4-8H2,1-3H3,(H,12,13). The van der Waals surface area contributed by atoms with Gasteiger partial charge in [0.15, 0.2) is 5.60 Å². The number of carbonyl (C=O) groups is 1. The van der Waals surface area contributed by atoms with Crippen molar-refractivity contribution in [3.63, 3.8) is 0 Å². The number of carboxylic acids is 1. The maximum Gasteiger partial charge on any atom is 0.336 e. The van der Waals surface area contributed by atoms with Crippen LogP contribution in [0.1, 0.15) is 33.6 Å². The summed E-state index contributed by atoms with van der Waals surface area (Å²) in [5.41, 5.74) is -1.63. The summed E-state index contributed by atoms with van der Waals surface area (Å²) in [5.74, 6) is -1.16. The lowest BCUT2D eigenvalue weighted by Gasteiger charge is -2.28. The Bertz CT molecular complexity index is 174. The molecule has 0 aromatic rings. The molecule has 4 heteroatoms. The lowest BCUT2D eigenvalue weighted by atomic mass is 10.1. The molecule has 1 unspecified atom stereocenters. The molecule has 0 radical (unpaired) electrons. The largest absolute Gasteiger partial charge is 0.479 e. The minimum Gasteiger partial charge on any atom is -0.479 e. The molecule has 0 saturated carbocycles. The highest BCUT2D eigenvalue weighted by atomic mass is 16.4. The first kappa shape index (κ1) is 13.4. The van der Waals surface area contributed by atoms with Crippen molar-refractivity contribution in [2.45, 2.75) is 39.2 Å². The average Bonchev–Trinajstić information content (AvgIpc) is 2.04. The van der Waals surface area contributed by atoms with Gasteiger partial charge in [0.05, 0.1) is 0 Å². The molecule has 0 aromatic heterocycles. The third-order valence-corrected chi connectivity index (χ3v) is 2.07. The van der Waals surface area contributed by atoms with Gasteiger partial charge in [-0.3, -0.25) is 4.90 Å². The van der Waals surface area contributed by atoms with Crippen molar-refractivity contribution in [2.75, 3.05) is 19.6 Å². The SMILES string of the molecule is CCCN(CCC)CC(C)(O)C(=O)O. The van der Waals surface area contributed by atoms with Crippen LogP contribution in [0, 0.1) is 0 Å². The molecule has 0 aliphatic carbocycles.